The third kappa shape index (κ3) is 2.22. The summed E-state index contributed by atoms with van der Waals surface area (Å²) >= 11 is 5.38. The van der Waals surface area contributed by atoms with Gasteiger partial charge >= 0.3 is 0 Å². The van der Waals surface area contributed by atoms with Crippen molar-refractivity contribution in [1.29, 1.82) is 0 Å². The average Bonchev–Trinajstić information content (AvgIpc) is 2.03. The van der Waals surface area contributed by atoms with Gasteiger partial charge in [0.15, 0.2) is 21.1 Å². The second kappa shape index (κ2) is 3.39. The fourth-order valence-electron chi connectivity index (χ4n) is 0.733. The van der Waals surface area contributed by atoms with Crippen LogP contribution < -0.4 is 0 Å². The highest BCUT2D eigenvalue weighted by Crippen LogP contribution is 2.12. The van der Waals surface area contributed by atoms with Crippen molar-refractivity contribution < 1.29 is 13.2 Å². The first-order valence-corrected chi connectivity index (χ1v) is 5.40. The molecule has 1 heterocycles. The molecule has 7 heteroatoms. The van der Waals surface area contributed by atoms with Gasteiger partial charge in [0.05, 0.1) is 5.56 Å². The molecule has 0 bridgehead atoms. The minimum Gasteiger partial charge on any atom is -0.298 e. The van der Waals surface area contributed by atoms with Crippen LogP contribution in [0, 0.1) is 0 Å². The molecule has 0 aliphatic heterocycles. The highest BCUT2D eigenvalue weighted by Gasteiger charge is 2.15. The summed E-state index contributed by atoms with van der Waals surface area (Å²) in [5.74, 6) is 0. The van der Waals surface area contributed by atoms with E-state index >= 15 is 0 Å². The zero-order valence-corrected chi connectivity index (χ0v) is 8.13. The molecule has 5 nitrogen and oxygen atoms in total. The number of nitrogens with zero attached hydrogens (tertiary/aromatic N) is 2. The molecule has 0 N–H and O–H groups in total. The maximum atomic E-state index is 11.1. The van der Waals surface area contributed by atoms with Crippen LogP contribution >= 0.6 is 11.6 Å². The molecule has 0 aliphatic carbocycles. The molecular weight excluding hydrogens is 216 g/mol. The first-order valence-electron chi connectivity index (χ1n) is 3.13. The molecule has 0 unspecified atom stereocenters. The van der Waals surface area contributed by atoms with E-state index in [4.69, 9.17) is 11.6 Å². The van der Waals surface area contributed by atoms with Crippen molar-refractivity contribution in [2.24, 2.45) is 0 Å². The van der Waals surface area contributed by atoms with Gasteiger partial charge in [-0.1, -0.05) is 0 Å². The smallest absolute Gasteiger partial charge is 0.223 e. The highest BCUT2D eigenvalue weighted by atomic mass is 35.5. The fourth-order valence-corrected chi connectivity index (χ4v) is 1.70. The number of aromatic nitrogens is 2. The quantitative estimate of drug-likeness (QED) is 0.408. The van der Waals surface area contributed by atoms with Crippen molar-refractivity contribution in [2.45, 2.75) is 5.03 Å². The molecule has 0 saturated heterocycles. The Morgan fingerprint density at radius 1 is 1.54 bits per heavy atom. The van der Waals surface area contributed by atoms with Crippen LogP contribution in [0.25, 0.3) is 0 Å². The Kier molecular flexibility index (Phi) is 2.63. The first-order chi connectivity index (χ1) is 5.95. The van der Waals surface area contributed by atoms with Crippen LogP contribution in [0.2, 0.25) is 5.28 Å². The van der Waals surface area contributed by atoms with Gasteiger partial charge in [-0.15, -0.1) is 0 Å². The molecule has 0 aliphatic rings. The Hall–Kier alpha value is -1.01. The summed E-state index contributed by atoms with van der Waals surface area (Å²) in [7, 11) is -3.53. The van der Waals surface area contributed by atoms with Crippen molar-refractivity contribution in [3.63, 3.8) is 0 Å². The molecule has 0 spiro atoms. The van der Waals surface area contributed by atoms with E-state index in [1.165, 1.54) is 0 Å². The maximum absolute atomic E-state index is 11.1. The molecule has 0 atom stereocenters. The summed E-state index contributed by atoms with van der Waals surface area (Å²) in [6.07, 6.45) is 2.38. The van der Waals surface area contributed by atoms with Crippen LogP contribution in [0.15, 0.2) is 11.2 Å². The lowest BCUT2D eigenvalue weighted by Gasteiger charge is -1.99. The van der Waals surface area contributed by atoms with E-state index in [9.17, 15) is 13.2 Å². The van der Waals surface area contributed by atoms with Gasteiger partial charge in [0.1, 0.15) is 0 Å². The number of sulfone groups is 1. The summed E-state index contributed by atoms with van der Waals surface area (Å²) in [5.41, 5.74) is -0.0908. The standard InChI is InChI=1S/C6H5ClN2O3S/c1-13(11,12)5-4(3-10)2-8-6(7)9-5/h2-3H,1H3. The zero-order valence-electron chi connectivity index (χ0n) is 6.56. The number of rotatable bonds is 2. The van der Waals surface area contributed by atoms with Gasteiger partial charge in [0.25, 0.3) is 0 Å². The molecular formula is C6H5ClN2O3S. The Bertz CT molecular complexity index is 443. The normalized spacial score (nSPS) is 11.2. The molecule has 13 heavy (non-hydrogen) atoms. The molecule has 1 aromatic rings. The maximum Gasteiger partial charge on any atom is 0.223 e. The van der Waals surface area contributed by atoms with Crippen LogP contribution in [-0.2, 0) is 9.84 Å². The summed E-state index contributed by atoms with van der Waals surface area (Å²) in [5, 5.41) is -0.548. The predicted octanol–water partition coefficient (Wildman–Crippen LogP) is 0.346. The van der Waals surface area contributed by atoms with E-state index in [-0.39, 0.29) is 15.9 Å². The summed E-state index contributed by atoms with van der Waals surface area (Å²) in [4.78, 5) is 17.3. The Labute approximate surface area is 79.7 Å². The van der Waals surface area contributed by atoms with Crippen LogP contribution in [0.5, 0.6) is 0 Å². The summed E-state index contributed by atoms with van der Waals surface area (Å²) in [6, 6.07) is 0. The SMILES string of the molecule is CS(=O)(=O)c1nc(Cl)ncc1C=O. The topological polar surface area (TPSA) is 77.0 Å². The largest absolute Gasteiger partial charge is 0.298 e. The minimum absolute atomic E-state index is 0.0908. The van der Waals surface area contributed by atoms with Gasteiger partial charge in [-0.2, -0.15) is 0 Å². The number of halogens is 1. The lowest BCUT2D eigenvalue weighted by Crippen LogP contribution is -2.06. The number of hydrogen-bond donors (Lipinski definition) is 0. The molecule has 0 radical (unpaired) electrons. The molecule has 1 rings (SSSR count). The van der Waals surface area contributed by atoms with Crippen molar-refractivity contribution >= 4 is 27.7 Å². The van der Waals surface area contributed by atoms with Crippen molar-refractivity contribution in [3.8, 4) is 0 Å². The lowest BCUT2D eigenvalue weighted by molar-refractivity contribution is 0.111. The van der Waals surface area contributed by atoms with E-state index in [0.717, 1.165) is 12.5 Å². The van der Waals surface area contributed by atoms with Crippen LogP contribution in [0.3, 0.4) is 0 Å². The van der Waals surface area contributed by atoms with E-state index in [0.29, 0.717) is 6.29 Å². The van der Waals surface area contributed by atoms with Crippen LogP contribution in [-0.4, -0.2) is 30.9 Å². The first kappa shape index (κ1) is 10.1. The third-order valence-electron chi connectivity index (χ3n) is 1.23. The predicted molar refractivity (Wildman–Crippen MR) is 45.5 cm³/mol. The Morgan fingerprint density at radius 3 is 2.62 bits per heavy atom. The van der Waals surface area contributed by atoms with E-state index in [1.54, 1.807) is 0 Å². The number of hydrogen-bond acceptors (Lipinski definition) is 5. The van der Waals surface area contributed by atoms with E-state index < -0.39 is 9.84 Å². The van der Waals surface area contributed by atoms with Gasteiger partial charge in [0, 0.05) is 12.5 Å². The molecule has 0 fully saturated rings. The molecule has 0 saturated carbocycles. The minimum atomic E-state index is -3.53. The van der Waals surface area contributed by atoms with Crippen LogP contribution in [0.4, 0.5) is 0 Å². The van der Waals surface area contributed by atoms with Crippen molar-refractivity contribution in [1.82, 2.24) is 9.97 Å². The number of carbonyl (C=O) groups is 1. The summed E-state index contributed by atoms with van der Waals surface area (Å²) < 4.78 is 22.1. The van der Waals surface area contributed by atoms with Crippen LogP contribution in [0.1, 0.15) is 10.4 Å². The molecule has 70 valence electrons. The molecule has 0 amide bonds. The molecule has 1 aromatic heterocycles. The van der Waals surface area contributed by atoms with E-state index in [2.05, 4.69) is 9.97 Å². The van der Waals surface area contributed by atoms with Crippen molar-refractivity contribution in [3.05, 3.63) is 17.0 Å². The van der Waals surface area contributed by atoms with Crippen molar-refractivity contribution in [2.75, 3.05) is 6.26 Å². The van der Waals surface area contributed by atoms with Gasteiger partial charge < -0.3 is 0 Å². The Morgan fingerprint density at radius 2 is 2.15 bits per heavy atom. The average molecular weight is 221 g/mol. The molecule has 0 aromatic carbocycles. The fraction of sp³-hybridized carbons (Fsp3) is 0.167. The zero-order chi connectivity index (χ0) is 10.1. The van der Waals surface area contributed by atoms with E-state index in [1.807, 2.05) is 0 Å². The monoisotopic (exact) mass is 220 g/mol. The number of aldehydes is 1. The third-order valence-corrected chi connectivity index (χ3v) is 2.44. The second-order valence-corrected chi connectivity index (χ2v) is 4.56. The second-order valence-electron chi connectivity index (χ2n) is 2.29. The van der Waals surface area contributed by atoms with Gasteiger partial charge in [-0.25, -0.2) is 18.4 Å². The summed E-state index contributed by atoms with van der Waals surface area (Å²) in [6.45, 7) is 0. The van der Waals surface area contributed by atoms with Gasteiger partial charge in [0.2, 0.25) is 5.28 Å². The number of carbonyl (C=O) groups excluding carboxylic acids is 1. The highest BCUT2D eigenvalue weighted by molar-refractivity contribution is 7.90. The van der Waals surface area contributed by atoms with Gasteiger partial charge in [-0.3, -0.25) is 4.79 Å². The van der Waals surface area contributed by atoms with Gasteiger partial charge in [-0.05, 0) is 11.6 Å². The lowest BCUT2D eigenvalue weighted by atomic mass is 10.4. The Balaban J connectivity index is 3.50.